The largest absolute Gasteiger partial charge is 0.493 e. The van der Waals surface area contributed by atoms with Crippen LogP contribution < -0.4 is 14.8 Å². The predicted molar refractivity (Wildman–Crippen MR) is 97.8 cm³/mol. The van der Waals surface area contributed by atoms with Crippen molar-refractivity contribution >= 4 is 34.6 Å². The van der Waals surface area contributed by atoms with Gasteiger partial charge < -0.3 is 19.5 Å². The second-order valence-electron chi connectivity index (χ2n) is 5.25. The molecule has 2 rings (SSSR count). The van der Waals surface area contributed by atoms with Gasteiger partial charge >= 0.3 is 0 Å². The smallest absolute Gasteiger partial charge is 0.262 e. The average Bonchev–Trinajstić information content (AvgIpc) is 3.10. The number of nitriles is 1. The Bertz CT molecular complexity index is 676. The number of ether oxygens (including phenoxy) is 3. The van der Waals surface area contributed by atoms with E-state index in [1.165, 1.54) is 6.08 Å². The summed E-state index contributed by atoms with van der Waals surface area (Å²) in [6.07, 6.45) is 3.51. The molecule has 0 aromatic heterocycles. The highest BCUT2D eigenvalue weighted by Gasteiger charge is 2.18. The first-order valence-corrected chi connectivity index (χ1v) is 8.60. The molecule has 0 saturated carbocycles. The van der Waals surface area contributed by atoms with Crippen LogP contribution in [-0.4, -0.2) is 39.4 Å². The third kappa shape index (κ3) is 4.61. The lowest BCUT2D eigenvalue weighted by atomic mass is 10.1. The first-order chi connectivity index (χ1) is 11.6. The van der Waals surface area contributed by atoms with Crippen LogP contribution in [0.3, 0.4) is 0 Å². The van der Waals surface area contributed by atoms with Crippen molar-refractivity contribution in [3.63, 3.8) is 0 Å². The number of carbonyl (C=O) groups excluding carboxylic acids is 1. The van der Waals surface area contributed by atoms with Gasteiger partial charge in [0.25, 0.3) is 5.91 Å². The second kappa shape index (κ2) is 8.89. The number of carbonyl (C=O) groups is 1. The molecule has 1 aliphatic heterocycles. The van der Waals surface area contributed by atoms with Crippen molar-refractivity contribution in [3.05, 3.63) is 26.8 Å². The van der Waals surface area contributed by atoms with Crippen LogP contribution in [-0.2, 0) is 9.53 Å². The molecule has 128 valence electrons. The third-order valence-corrected chi connectivity index (χ3v) is 4.45. The molecule has 0 aliphatic carbocycles. The van der Waals surface area contributed by atoms with Gasteiger partial charge in [-0.05, 0) is 59.2 Å². The number of methoxy groups -OCH3 is 2. The highest BCUT2D eigenvalue weighted by atomic mass is 127. The van der Waals surface area contributed by atoms with Crippen LogP contribution >= 0.6 is 22.6 Å². The van der Waals surface area contributed by atoms with Gasteiger partial charge in [0.2, 0.25) is 0 Å². The molecule has 1 aliphatic rings. The number of amides is 1. The van der Waals surface area contributed by atoms with E-state index >= 15 is 0 Å². The van der Waals surface area contributed by atoms with Crippen molar-refractivity contribution in [1.82, 2.24) is 5.32 Å². The Labute approximate surface area is 154 Å². The molecule has 0 bridgehead atoms. The van der Waals surface area contributed by atoms with Gasteiger partial charge in [-0.1, -0.05) is 0 Å². The van der Waals surface area contributed by atoms with Crippen molar-refractivity contribution in [2.45, 2.75) is 18.9 Å². The minimum absolute atomic E-state index is 0.0379. The molecule has 1 heterocycles. The monoisotopic (exact) mass is 442 g/mol. The van der Waals surface area contributed by atoms with E-state index in [0.717, 1.165) is 23.0 Å². The molecule has 24 heavy (non-hydrogen) atoms. The molecule has 6 nitrogen and oxygen atoms in total. The predicted octanol–water partition coefficient (Wildman–Crippen LogP) is 2.51. The molecule has 1 saturated heterocycles. The summed E-state index contributed by atoms with van der Waals surface area (Å²) in [5, 5.41) is 12.0. The maximum Gasteiger partial charge on any atom is 0.262 e. The van der Waals surface area contributed by atoms with Crippen LogP contribution in [0.15, 0.2) is 17.7 Å². The average molecular weight is 442 g/mol. The summed E-state index contributed by atoms with van der Waals surface area (Å²) in [6, 6.07) is 5.50. The summed E-state index contributed by atoms with van der Waals surface area (Å²) in [7, 11) is 3.11. The Balaban J connectivity index is 2.15. The van der Waals surface area contributed by atoms with Gasteiger partial charge in [0.05, 0.1) is 23.9 Å². The van der Waals surface area contributed by atoms with Crippen molar-refractivity contribution in [3.8, 4) is 17.6 Å². The summed E-state index contributed by atoms with van der Waals surface area (Å²) in [6.45, 7) is 1.15. The quantitative estimate of drug-likeness (QED) is 0.416. The minimum Gasteiger partial charge on any atom is -0.493 e. The van der Waals surface area contributed by atoms with E-state index in [9.17, 15) is 10.1 Å². The Morgan fingerprint density at radius 1 is 1.50 bits per heavy atom. The number of hydrogen-bond acceptors (Lipinski definition) is 5. The van der Waals surface area contributed by atoms with Gasteiger partial charge in [0, 0.05) is 13.2 Å². The summed E-state index contributed by atoms with van der Waals surface area (Å²) in [5.74, 6) is 0.766. The number of rotatable bonds is 6. The zero-order valence-electron chi connectivity index (χ0n) is 13.6. The van der Waals surface area contributed by atoms with E-state index in [4.69, 9.17) is 14.2 Å². The number of halogens is 1. The topological polar surface area (TPSA) is 80.6 Å². The van der Waals surface area contributed by atoms with E-state index in [0.29, 0.717) is 23.6 Å². The van der Waals surface area contributed by atoms with Crippen LogP contribution in [0.2, 0.25) is 0 Å². The zero-order valence-corrected chi connectivity index (χ0v) is 15.8. The summed E-state index contributed by atoms with van der Waals surface area (Å²) in [4.78, 5) is 12.2. The van der Waals surface area contributed by atoms with Crippen LogP contribution in [0.1, 0.15) is 18.4 Å². The van der Waals surface area contributed by atoms with Crippen LogP contribution in [0.5, 0.6) is 11.5 Å². The Morgan fingerprint density at radius 3 is 2.88 bits per heavy atom. The number of nitrogens with one attached hydrogen (secondary N) is 1. The standard InChI is InChI=1S/C17H19IN2O4/c1-22-15-8-11(7-14(18)16(15)23-2)6-12(9-19)17(21)20-10-13-4-3-5-24-13/h6-8,13H,3-5,10H2,1-2H3,(H,20,21). The molecular weight excluding hydrogens is 423 g/mol. The summed E-state index contributed by atoms with van der Waals surface area (Å²) < 4.78 is 16.9. The summed E-state index contributed by atoms with van der Waals surface area (Å²) >= 11 is 2.12. The normalized spacial score (nSPS) is 17.2. The highest BCUT2D eigenvalue weighted by molar-refractivity contribution is 14.1. The fourth-order valence-corrected chi connectivity index (χ4v) is 3.29. The van der Waals surface area contributed by atoms with Crippen molar-refractivity contribution in [2.75, 3.05) is 27.4 Å². The SMILES string of the molecule is COc1cc(C=C(C#N)C(=O)NCC2CCCO2)cc(I)c1OC. The third-order valence-electron chi connectivity index (χ3n) is 3.65. The molecule has 1 N–H and O–H groups in total. The van der Waals surface area contributed by atoms with Gasteiger partial charge in [-0.15, -0.1) is 0 Å². The zero-order chi connectivity index (χ0) is 17.5. The van der Waals surface area contributed by atoms with Crippen molar-refractivity contribution in [2.24, 2.45) is 0 Å². The molecule has 1 aromatic rings. The first-order valence-electron chi connectivity index (χ1n) is 7.52. The molecular formula is C17H19IN2O4. The van der Waals surface area contributed by atoms with E-state index in [1.807, 2.05) is 12.1 Å². The van der Waals surface area contributed by atoms with Gasteiger partial charge in [0.15, 0.2) is 11.5 Å². The van der Waals surface area contributed by atoms with E-state index in [1.54, 1.807) is 20.3 Å². The van der Waals surface area contributed by atoms with E-state index < -0.39 is 5.91 Å². The first kappa shape index (κ1) is 18.5. The molecule has 1 amide bonds. The van der Waals surface area contributed by atoms with Crippen LogP contribution in [0.25, 0.3) is 6.08 Å². The van der Waals surface area contributed by atoms with Gasteiger partial charge in [0.1, 0.15) is 11.6 Å². The molecule has 1 unspecified atom stereocenters. The van der Waals surface area contributed by atoms with Crippen molar-refractivity contribution < 1.29 is 19.0 Å². The Morgan fingerprint density at radius 2 is 2.29 bits per heavy atom. The van der Waals surface area contributed by atoms with Crippen LogP contribution in [0.4, 0.5) is 0 Å². The Hall–Kier alpha value is -1.79. The van der Waals surface area contributed by atoms with E-state index in [-0.39, 0.29) is 11.7 Å². The fourth-order valence-electron chi connectivity index (χ4n) is 2.44. The number of nitrogens with zero attached hydrogens (tertiary/aromatic N) is 1. The van der Waals surface area contributed by atoms with Crippen molar-refractivity contribution in [1.29, 1.82) is 5.26 Å². The number of benzene rings is 1. The molecule has 0 spiro atoms. The van der Waals surface area contributed by atoms with E-state index in [2.05, 4.69) is 27.9 Å². The summed E-state index contributed by atoms with van der Waals surface area (Å²) in [5.41, 5.74) is 0.733. The Kier molecular flexibility index (Phi) is 6.87. The fraction of sp³-hybridized carbons (Fsp3) is 0.412. The minimum atomic E-state index is -0.405. The molecule has 0 radical (unpaired) electrons. The highest BCUT2D eigenvalue weighted by Crippen LogP contribution is 2.34. The maximum atomic E-state index is 12.2. The van der Waals surface area contributed by atoms with Crippen LogP contribution in [0, 0.1) is 14.9 Å². The number of hydrogen-bond donors (Lipinski definition) is 1. The van der Waals surface area contributed by atoms with Gasteiger partial charge in [-0.2, -0.15) is 5.26 Å². The second-order valence-corrected chi connectivity index (χ2v) is 6.42. The van der Waals surface area contributed by atoms with Gasteiger partial charge in [-0.25, -0.2) is 0 Å². The molecule has 1 fully saturated rings. The lowest BCUT2D eigenvalue weighted by molar-refractivity contribution is -0.117. The lowest BCUT2D eigenvalue weighted by Crippen LogP contribution is -2.32. The molecule has 7 heteroatoms. The maximum absolute atomic E-state index is 12.2. The lowest BCUT2D eigenvalue weighted by Gasteiger charge is -2.11. The van der Waals surface area contributed by atoms with Gasteiger partial charge in [-0.3, -0.25) is 4.79 Å². The molecule has 1 atom stereocenters. The molecule has 1 aromatic carbocycles.